The molecule has 0 aromatic heterocycles. The van der Waals surface area contributed by atoms with Gasteiger partial charge in [-0.15, -0.1) is 0 Å². The fourth-order valence-corrected chi connectivity index (χ4v) is 2.42. The van der Waals surface area contributed by atoms with E-state index in [1.165, 1.54) is 5.57 Å². The van der Waals surface area contributed by atoms with E-state index in [1.807, 2.05) is 6.08 Å². The van der Waals surface area contributed by atoms with Crippen molar-refractivity contribution in [3.05, 3.63) is 46.5 Å². The highest BCUT2D eigenvalue weighted by atomic mass is 35.5. The van der Waals surface area contributed by atoms with Crippen molar-refractivity contribution in [3.63, 3.8) is 0 Å². The smallest absolute Gasteiger partial charge is 0.236 e. The van der Waals surface area contributed by atoms with E-state index in [2.05, 4.69) is 31.0 Å². The Kier molecular flexibility index (Phi) is 4.65. The van der Waals surface area contributed by atoms with Crippen molar-refractivity contribution < 1.29 is 4.79 Å². The van der Waals surface area contributed by atoms with Crippen LogP contribution in [0.4, 0.5) is 0 Å². The van der Waals surface area contributed by atoms with Crippen LogP contribution in [0.2, 0.25) is 5.02 Å². The molecule has 0 spiro atoms. The molecule has 0 bridgehead atoms. The Bertz CT molecular complexity index is 605. The van der Waals surface area contributed by atoms with Crippen LogP contribution in [0.5, 0.6) is 0 Å². The number of hydrogen-bond donors (Lipinski definition) is 1. The van der Waals surface area contributed by atoms with Gasteiger partial charge in [0.15, 0.2) is 0 Å². The Hall–Kier alpha value is -1.56. The minimum Gasteiger partial charge on any atom is -0.316 e. The van der Waals surface area contributed by atoms with Gasteiger partial charge in [-0.25, -0.2) is 0 Å². The van der Waals surface area contributed by atoms with E-state index in [9.17, 15) is 4.79 Å². The van der Waals surface area contributed by atoms with Gasteiger partial charge in [0.05, 0.1) is 0 Å². The lowest BCUT2D eigenvalue weighted by Crippen LogP contribution is -2.37. The molecule has 0 atom stereocenters. The lowest BCUT2D eigenvalue weighted by Gasteiger charge is -2.33. The number of halogens is 1. The zero-order chi connectivity index (χ0) is 14.6. The van der Waals surface area contributed by atoms with E-state index >= 15 is 0 Å². The Morgan fingerprint density at radius 3 is 2.95 bits per heavy atom. The SMILES string of the molecule is CC1(C)CNCCC1=CC#CC(=O)c1cccc(Cl)c1. The van der Waals surface area contributed by atoms with Gasteiger partial charge >= 0.3 is 0 Å². The number of carbonyl (C=O) groups is 1. The van der Waals surface area contributed by atoms with Gasteiger partial charge < -0.3 is 5.32 Å². The minimum atomic E-state index is -0.198. The van der Waals surface area contributed by atoms with Gasteiger partial charge in [-0.05, 0) is 42.5 Å². The number of ketones is 1. The van der Waals surface area contributed by atoms with Crippen LogP contribution in [0.25, 0.3) is 0 Å². The van der Waals surface area contributed by atoms with Crippen molar-refractivity contribution in [2.45, 2.75) is 20.3 Å². The molecule has 1 aliphatic heterocycles. The molecule has 20 heavy (non-hydrogen) atoms. The van der Waals surface area contributed by atoms with Crippen LogP contribution >= 0.6 is 11.6 Å². The van der Waals surface area contributed by atoms with Crippen molar-refractivity contribution in [3.8, 4) is 11.8 Å². The number of Topliss-reactive ketones (excluding diaryl/α,β-unsaturated/α-hetero) is 1. The van der Waals surface area contributed by atoms with Crippen molar-refractivity contribution in [2.75, 3.05) is 13.1 Å². The first kappa shape index (κ1) is 14.8. The molecule has 0 unspecified atom stereocenters. The summed E-state index contributed by atoms with van der Waals surface area (Å²) in [5.41, 5.74) is 1.93. The second-order valence-electron chi connectivity index (χ2n) is 5.59. The summed E-state index contributed by atoms with van der Waals surface area (Å²) in [4.78, 5) is 11.9. The monoisotopic (exact) mass is 287 g/mol. The molecule has 3 heteroatoms. The molecule has 104 valence electrons. The maximum atomic E-state index is 11.9. The van der Waals surface area contributed by atoms with Gasteiger partial charge in [0.25, 0.3) is 0 Å². The first-order chi connectivity index (χ1) is 9.49. The Morgan fingerprint density at radius 2 is 2.25 bits per heavy atom. The summed E-state index contributed by atoms with van der Waals surface area (Å²) in [5.74, 6) is 5.36. The average molecular weight is 288 g/mol. The average Bonchev–Trinajstić information content (AvgIpc) is 2.40. The third-order valence-corrected chi connectivity index (χ3v) is 3.76. The van der Waals surface area contributed by atoms with Crippen LogP contribution in [-0.4, -0.2) is 18.9 Å². The molecule has 1 heterocycles. The minimum absolute atomic E-state index is 0.103. The lowest BCUT2D eigenvalue weighted by atomic mass is 9.79. The van der Waals surface area contributed by atoms with E-state index in [0.29, 0.717) is 10.6 Å². The normalized spacial score (nSPS) is 19.2. The highest BCUT2D eigenvalue weighted by Gasteiger charge is 2.25. The molecule has 0 amide bonds. The second kappa shape index (κ2) is 6.26. The predicted molar refractivity (Wildman–Crippen MR) is 82.9 cm³/mol. The molecule has 1 saturated heterocycles. The number of nitrogens with one attached hydrogen (secondary N) is 1. The Morgan fingerprint density at radius 1 is 1.45 bits per heavy atom. The fourth-order valence-electron chi connectivity index (χ4n) is 2.23. The number of carbonyl (C=O) groups excluding carboxylic acids is 1. The number of hydrogen-bond acceptors (Lipinski definition) is 2. The van der Waals surface area contributed by atoms with Gasteiger partial charge in [-0.3, -0.25) is 4.79 Å². The van der Waals surface area contributed by atoms with Gasteiger partial charge in [0, 0.05) is 17.1 Å². The fraction of sp³-hybridized carbons (Fsp3) is 0.353. The van der Waals surface area contributed by atoms with Crippen molar-refractivity contribution >= 4 is 17.4 Å². The van der Waals surface area contributed by atoms with Crippen molar-refractivity contribution in [1.82, 2.24) is 5.32 Å². The van der Waals surface area contributed by atoms with Crippen LogP contribution in [0, 0.1) is 17.3 Å². The second-order valence-corrected chi connectivity index (χ2v) is 6.03. The summed E-state index contributed by atoms with van der Waals surface area (Å²) >= 11 is 5.86. The molecule has 0 saturated carbocycles. The van der Waals surface area contributed by atoms with Crippen LogP contribution in [0.15, 0.2) is 35.9 Å². The van der Waals surface area contributed by atoms with E-state index < -0.39 is 0 Å². The van der Waals surface area contributed by atoms with E-state index in [-0.39, 0.29) is 11.2 Å². The van der Waals surface area contributed by atoms with Crippen LogP contribution in [-0.2, 0) is 0 Å². The van der Waals surface area contributed by atoms with E-state index in [4.69, 9.17) is 11.6 Å². The maximum Gasteiger partial charge on any atom is 0.236 e. The van der Waals surface area contributed by atoms with Crippen molar-refractivity contribution in [2.24, 2.45) is 5.41 Å². The van der Waals surface area contributed by atoms with Crippen LogP contribution in [0.3, 0.4) is 0 Å². The third-order valence-electron chi connectivity index (χ3n) is 3.53. The quantitative estimate of drug-likeness (QED) is 0.487. The molecule has 0 radical (unpaired) electrons. The molecule has 1 aromatic carbocycles. The number of benzene rings is 1. The maximum absolute atomic E-state index is 11.9. The number of piperidine rings is 1. The van der Waals surface area contributed by atoms with Gasteiger partial charge in [0.2, 0.25) is 5.78 Å². The summed E-state index contributed by atoms with van der Waals surface area (Å²) in [7, 11) is 0. The van der Waals surface area contributed by atoms with Crippen LogP contribution < -0.4 is 5.32 Å². The summed E-state index contributed by atoms with van der Waals surface area (Å²) in [6.07, 6.45) is 2.87. The Labute approximate surface area is 125 Å². The first-order valence-corrected chi connectivity index (χ1v) is 7.08. The third kappa shape index (κ3) is 3.72. The summed E-state index contributed by atoms with van der Waals surface area (Å²) in [5, 5.41) is 3.92. The van der Waals surface area contributed by atoms with E-state index in [0.717, 1.165) is 19.5 Å². The molecule has 0 aliphatic carbocycles. The molecule has 1 aromatic rings. The van der Waals surface area contributed by atoms with Crippen LogP contribution in [0.1, 0.15) is 30.6 Å². The largest absolute Gasteiger partial charge is 0.316 e. The molecule has 2 nitrogen and oxygen atoms in total. The van der Waals surface area contributed by atoms with E-state index in [1.54, 1.807) is 24.3 Å². The number of rotatable bonds is 1. The first-order valence-electron chi connectivity index (χ1n) is 6.71. The van der Waals surface area contributed by atoms with Gasteiger partial charge in [-0.1, -0.05) is 49.1 Å². The Balaban J connectivity index is 2.13. The molecule has 1 fully saturated rings. The summed E-state index contributed by atoms with van der Waals surface area (Å²) < 4.78 is 0. The van der Waals surface area contributed by atoms with Gasteiger partial charge in [-0.2, -0.15) is 0 Å². The predicted octanol–water partition coefficient (Wildman–Crippen LogP) is 3.47. The zero-order valence-electron chi connectivity index (χ0n) is 11.8. The summed E-state index contributed by atoms with van der Waals surface area (Å²) in [6.45, 7) is 6.29. The molecule has 1 N–H and O–H groups in total. The topological polar surface area (TPSA) is 29.1 Å². The molecule has 2 rings (SSSR count). The highest BCUT2D eigenvalue weighted by molar-refractivity contribution is 6.31. The van der Waals surface area contributed by atoms with Gasteiger partial charge in [0.1, 0.15) is 0 Å². The van der Waals surface area contributed by atoms with Crippen molar-refractivity contribution in [1.29, 1.82) is 0 Å². The number of allylic oxidation sites excluding steroid dienone is 1. The highest BCUT2D eigenvalue weighted by Crippen LogP contribution is 2.30. The molecule has 1 aliphatic rings. The lowest BCUT2D eigenvalue weighted by molar-refractivity contribution is 0.105. The summed E-state index contributed by atoms with van der Waals surface area (Å²) in [6, 6.07) is 6.86. The molecular weight excluding hydrogens is 270 g/mol. The molecular formula is C17H18ClNO. The standard InChI is InChI=1S/C17H18ClNO/c1-17(2)12-19-10-9-14(17)6-4-8-16(20)13-5-3-7-15(18)11-13/h3,5-7,11,19H,9-10,12H2,1-2H3. The zero-order valence-corrected chi connectivity index (χ0v) is 12.6.